The number of para-hydroxylation sites is 1. The topological polar surface area (TPSA) is 37.0 Å². The van der Waals surface area contributed by atoms with Gasteiger partial charge in [0.05, 0.1) is 12.1 Å². The summed E-state index contributed by atoms with van der Waals surface area (Å²) in [6.07, 6.45) is 10.6. The molecule has 0 radical (unpaired) electrons. The zero-order valence-corrected chi connectivity index (χ0v) is 18.1. The van der Waals surface area contributed by atoms with E-state index in [2.05, 4.69) is 53.3 Å². The molecule has 0 atom stereocenters. The monoisotopic (exact) mass is 392 g/mol. The first-order chi connectivity index (χ1) is 14.4. The van der Waals surface area contributed by atoms with Crippen molar-refractivity contribution in [2.45, 2.75) is 64.8 Å². The van der Waals surface area contributed by atoms with Gasteiger partial charge >= 0.3 is 0 Å². The molecule has 2 aromatic carbocycles. The standard InChI is InChI=1S/C24H30N2O.C2H6/c1-2-9-21-23(27-17-8-16-25-18-10-4-3-5-11-18)15-14-20-19-12-6-7-13-22(19)26-24(20)21;1-2/h2,6-7,12-15,18,25-26H,1,3-5,8-11,16-17H2;1-2H3. The summed E-state index contributed by atoms with van der Waals surface area (Å²) in [5.41, 5.74) is 3.56. The fourth-order valence-electron chi connectivity index (χ4n) is 4.31. The van der Waals surface area contributed by atoms with Gasteiger partial charge in [-0.1, -0.05) is 57.4 Å². The maximum Gasteiger partial charge on any atom is 0.124 e. The molecule has 1 aliphatic rings. The van der Waals surface area contributed by atoms with Gasteiger partial charge in [-0.05, 0) is 50.4 Å². The number of hydrogen-bond acceptors (Lipinski definition) is 2. The highest BCUT2D eigenvalue weighted by Crippen LogP contribution is 2.33. The predicted molar refractivity (Wildman–Crippen MR) is 126 cm³/mol. The first-order valence-electron chi connectivity index (χ1n) is 11.4. The summed E-state index contributed by atoms with van der Waals surface area (Å²) >= 11 is 0. The van der Waals surface area contributed by atoms with Gasteiger partial charge in [-0.25, -0.2) is 0 Å². The largest absolute Gasteiger partial charge is 0.493 e. The van der Waals surface area contributed by atoms with Crippen molar-refractivity contribution < 1.29 is 4.74 Å². The summed E-state index contributed by atoms with van der Waals surface area (Å²) in [5, 5.41) is 6.22. The molecule has 1 fully saturated rings. The molecular formula is C26H36N2O. The molecule has 2 N–H and O–H groups in total. The fraction of sp³-hybridized carbons (Fsp3) is 0.462. The van der Waals surface area contributed by atoms with Crippen molar-refractivity contribution in [1.29, 1.82) is 0 Å². The molecular weight excluding hydrogens is 356 g/mol. The van der Waals surface area contributed by atoms with Gasteiger partial charge in [-0.2, -0.15) is 0 Å². The van der Waals surface area contributed by atoms with E-state index in [1.807, 2.05) is 19.9 Å². The highest BCUT2D eigenvalue weighted by atomic mass is 16.5. The maximum atomic E-state index is 6.18. The first kappa shape index (κ1) is 21.4. The van der Waals surface area contributed by atoms with Crippen LogP contribution in [0.15, 0.2) is 49.1 Å². The average molecular weight is 393 g/mol. The second kappa shape index (κ2) is 11.1. The van der Waals surface area contributed by atoms with E-state index in [4.69, 9.17) is 4.74 Å². The van der Waals surface area contributed by atoms with Crippen LogP contribution in [0.2, 0.25) is 0 Å². The van der Waals surface area contributed by atoms with Crippen LogP contribution in [0.3, 0.4) is 0 Å². The number of rotatable bonds is 8. The summed E-state index contributed by atoms with van der Waals surface area (Å²) in [6, 6.07) is 13.5. The fourth-order valence-corrected chi connectivity index (χ4v) is 4.31. The summed E-state index contributed by atoms with van der Waals surface area (Å²) in [7, 11) is 0. The van der Waals surface area contributed by atoms with Crippen LogP contribution in [0.4, 0.5) is 0 Å². The number of fused-ring (bicyclic) bond motifs is 3. The molecule has 0 aliphatic heterocycles. The minimum atomic E-state index is 0.720. The Morgan fingerprint density at radius 2 is 1.86 bits per heavy atom. The average Bonchev–Trinajstić information content (AvgIpc) is 3.16. The summed E-state index contributed by atoms with van der Waals surface area (Å²) < 4.78 is 6.18. The Kier molecular flexibility index (Phi) is 8.18. The Hall–Kier alpha value is -2.26. The highest BCUT2D eigenvalue weighted by Gasteiger charge is 2.13. The quantitative estimate of drug-likeness (QED) is 0.328. The van der Waals surface area contributed by atoms with Crippen LogP contribution in [0.25, 0.3) is 21.8 Å². The van der Waals surface area contributed by atoms with Crippen LogP contribution in [-0.2, 0) is 6.42 Å². The van der Waals surface area contributed by atoms with Crippen LogP contribution < -0.4 is 10.1 Å². The second-order valence-corrected chi connectivity index (χ2v) is 7.62. The molecule has 3 aromatic rings. The lowest BCUT2D eigenvalue weighted by molar-refractivity contribution is 0.295. The number of ether oxygens (including phenoxy) is 1. The van der Waals surface area contributed by atoms with E-state index in [9.17, 15) is 0 Å². The second-order valence-electron chi connectivity index (χ2n) is 7.62. The van der Waals surface area contributed by atoms with E-state index >= 15 is 0 Å². The van der Waals surface area contributed by atoms with Crippen molar-refractivity contribution in [1.82, 2.24) is 10.3 Å². The van der Waals surface area contributed by atoms with E-state index in [0.29, 0.717) is 0 Å². The molecule has 1 aliphatic carbocycles. The Bertz CT molecular complexity index is 906. The third kappa shape index (κ3) is 5.22. The molecule has 3 heteroatoms. The van der Waals surface area contributed by atoms with Crippen molar-refractivity contribution >= 4 is 21.8 Å². The molecule has 0 spiro atoms. The molecule has 4 rings (SSSR count). The molecule has 0 saturated heterocycles. The normalized spacial score (nSPS) is 14.6. The third-order valence-corrected chi connectivity index (χ3v) is 5.71. The zero-order chi connectivity index (χ0) is 20.5. The SMILES string of the molecule is C=CCc1c(OCCCNC2CCCCC2)ccc2c1[nH]c1ccccc12.CC. The van der Waals surface area contributed by atoms with Gasteiger partial charge in [0.25, 0.3) is 0 Å². The first-order valence-corrected chi connectivity index (χ1v) is 11.4. The Labute approximate surface area is 175 Å². The summed E-state index contributed by atoms with van der Waals surface area (Å²) in [5.74, 6) is 0.978. The number of hydrogen-bond donors (Lipinski definition) is 2. The Balaban J connectivity index is 0.00000117. The lowest BCUT2D eigenvalue weighted by atomic mass is 9.95. The number of aromatic nitrogens is 1. The number of aromatic amines is 1. The van der Waals surface area contributed by atoms with Gasteiger partial charge in [0.2, 0.25) is 0 Å². The van der Waals surface area contributed by atoms with Crippen molar-refractivity contribution in [2.75, 3.05) is 13.2 Å². The minimum Gasteiger partial charge on any atom is -0.493 e. The van der Waals surface area contributed by atoms with Crippen molar-refractivity contribution in [2.24, 2.45) is 0 Å². The van der Waals surface area contributed by atoms with Crippen molar-refractivity contribution in [3.05, 3.63) is 54.6 Å². The Morgan fingerprint density at radius 3 is 2.66 bits per heavy atom. The van der Waals surface area contributed by atoms with Crippen LogP contribution in [0.1, 0.15) is 57.9 Å². The molecule has 156 valence electrons. The number of nitrogens with one attached hydrogen (secondary N) is 2. The zero-order valence-electron chi connectivity index (χ0n) is 18.1. The number of H-pyrrole nitrogens is 1. The van der Waals surface area contributed by atoms with E-state index in [1.165, 1.54) is 59.5 Å². The number of allylic oxidation sites excluding steroid dienone is 1. The highest BCUT2D eigenvalue weighted by molar-refractivity contribution is 6.08. The van der Waals surface area contributed by atoms with Crippen LogP contribution in [0, 0.1) is 0 Å². The summed E-state index contributed by atoms with van der Waals surface area (Å²) in [6.45, 7) is 9.72. The molecule has 0 bridgehead atoms. The van der Waals surface area contributed by atoms with E-state index in [0.717, 1.165) is 37.8 Å². The predicted octanol–water partition coefficient (Wildman–Crippen LogP) is 6.77. The molecule has 29 heavy (non-hydrogen) atoms. The lowest BCUT2D eigenvalue weighted by Crippen LogP contribution is -2.32. The van der Waals surface area contributed by atoms with Gasteiger partial charge in [0.15, 0.2) is 0 Å². The molecule has 0 amide bonds. The van der Waals surface area contributed by atoms with Gasteiger partial charge in [0.1, 0.15) is 5.75 Å². The molecule has 1 heterocycles. The van der Waals surface area contributed by atoms with Gasteiger partial charge in [0, 0.05) is 27.9 Å². The minimum absolute atomic E-state index is 0.720. The lowest BCUT2D eigenvalue weighted by Gasteiger charge is -2.22. The molecule has 0 unspecified atom stereocenters. The van der Waals surface area contributed by atoms with Gasteiger partial charge < -0.3 is 15.0 Å². The third-order valence-electron chi connectivity index (χ3n) is 5.71. The van der Waals surface area contributed by atoms with E-state index < -0.39 is 0 Å². The van der Waals surface area contributed by atoms with E-state index in [-0.39, 0.29) is 0 Å². The molecule has 1 saturated carbocycles. The van der Waals surface area contributed by atoms with Crippen LogP contribution >= 0.6 is 0 Å². The Morgan fingerprint density at radius 1 is 1.07 bits per heavy atom. The molecule has 3 nitrogen and oxygen atoms in total. The smallest absolute Gasteiger partial charge is 0.124 e. The van der Waals surface area contributed by atoms with Crippen molar-refractivity contribution in [3.8, 4) is 5.75 Å². The van der Waals surface area contributed by atoms with Gasteiger partial charge in [-0.3, -0.25) is 0 Å². The van der Waals surface area contributed by atoms with Crippen LogP contribution in [-0.4, -0.2) is 24.2 Å². The van der Waals surface area contributed by atoms with Gasteiger partial charge in [-0.15, -0.1) is 6.58 Å². The van der Waals surface area contributed by atoms with E-state index in [1.54, 1.807) is 0 Å². The van der Waals surface area contributed by atoms with Crippen LogP contribution in [0.5, 0.6) is 5.75 Å². The van der Waals surface area contributed by atoms with Crippen molar-refractivity contribution in [3.63, 3.8) is 0 Å². The summed E-state index contributed by atoms with van der Waals surface area (Å²) in [4.78, 5) is 3.58. The maximum absolute atomic E-state index is 6.18. The molecule has 1 aromatic heterocycles. The number of benzene rings is 2.